The summed E-state index contributed by atoms with van der Waals surface area (Å²) in [5, 5.41) is 12.0. The average molecular weight is 436 g/mol. The molecule has 0 saturated carbocycles. The van der Waals surface area contributed by atoms with Crippen LogP contribution in [0.15, 0.2) is 84.9 Å². The zero-order valence-electron chi connectivity index (χ0n) is 17.8. The van der Waals surface area contributed by atoms with E-state index in [1.807, 2.05) is 24.3 Å². The van der Waals surface area contributed by atoms with Crippen LogP contribution in [0.3, 0.4) is 0 Å². The van der Waals surface area contributed by atoms with Crippen molar-refractivity contribution in [1.29, 1.82) is 0 Å². The topological polar surface area (TPSA) is 41.5 Å². The number of aliphatic hydroxyl groups is 1. The number of hydrogen-bond donors (Lipinski definition) is 2. The Bertz CT molecular complexity index is 924. The predicted octanol–water partition coefficient (Wildman–Crippen LogP) is 5.63. The molecule has 0 saturated heterocycles. The molecule has 0 spiro atoms. The van der Waals surface area contributed by atoms with Crippen molar-refractivity contribution in [3.63, 3.8) is 0 Å². The largest absolute Gasteiger partial charge is 0.494 e. The van der Waals surface area contributed by atoms with Gasteiger partial charge < -0.3 is 15.2 Å². The summed E-state index contributed by atoms with van der Waals surface area (Å²) in [6, 6.07) is 29.3. The molecule has 0 amide bonds. The Kier molecular flexibility index (Phi) is 9.65. The molecule has 4 heteroatoms. The van der Waals surface area contributed by atoms with Crippen LogP contribution < -0.4 is 10.1 Å². The maximum Gasteiger partial charge on any atom is 0.119 e. The molecule has 0 radical (unpaired) electrons. The number of nitrogens with one attached hydrogen (secondary N) is 1. The van der Waals surface area contributed by atoms with Gasteiger partial charge in [-0.3, -0.25) is 0 Å². The first-order chi connectivity index (χ1) is 15.3. The van der Waals surface area contributed by atoms with Crippen LogP contribution in [0.4, 0.5) is 0 Å². The molecule has 0 heterocycles. The molecule has 3 aromatic carbocycles. The molecule has 0 fully saturated rings. The molecule has 0 aliphatic heterocycles. The summed E-state index contributed by atoms with van der Waals surface area (Å²) in [4.78, 5) is 0. The lowest BCUT2D eigenvalue weighted by Gasteiger charge is -2.17. The van der Waals surface area contributed by atoms with Gasteiger partial charge in [-0.2, -0.15) is 0 Å². The standard InChI is InChI=1S/C27H30ClNO2/c28-17-16-26(22-8-3-1-4-9-22)27(23-10-5-2-6-11-23)24-12-14-25(15-13-24)31-21-7-18-29-19-20-30/h1-6,8-15,29-30H,7,16-21H2. The molecular weight excluding hydrogens is 406 g/mol. The van der Waals surface area contributed by atoms with Gasteiger partial charge in [0, 0.05) is 12.4 Å². The van der Waals surface area contributed by atoms with E-state index >= 15 is 0 Å². The molecule has 162 valence electrons. The van der Waals surface area contributed by atoms with Gasteiger partial charge in [0.05, 0.1) is 13.2 Å². The lowest BCUT2D eigenvalue weighted by Crippen LogP contribution is -2.20. The average Bonchev–Trinajstić information content (AvgIpc) is 2.83. The Morgan fingerprint density at radius 1 is 0.774 bits per heavy atom. The minimum atomic E-state index is 0.161. The van der Waals surface area contributed by atoms with Crippen LogP contribution in [0.25, 0.3) is 11.1 Å². The Labute approximate surface area is 190 Å². The van der Waals surface area contributed by atoms with Crippen LogP contribution >= 0.6 is 11.6 Å². The third-order valence-corrected chi connectivity index (χ3v) is 5.22. The summed E-state index contributed by atoms with van der Waals surface area (Å²) in [6.45, 7) is 2.25. The second-order valence-electron chi connectivity index (χ2n) is 7.22. The Morgan fingerprint density at radius 3 is 2.00 bits per heavy atom. The normalized spacial score (nSPS) is 11.8. The number of halogens is 1. The maximum absolute atomic E-state index is 8.79. The second kappa shape index (κ2) is 13.0. The quantitative estimate of drug-likeness (QED) is 0.220. The summed E-state index contributed by atoms with van der Waals surface area (Å²) in [5.74, 6) is 1.42. The number of rotatable bonds is 12. The van der Waals surface area contributed by atoms with E-state index in [-0.39, 0.29) is 6.61 Å². The van der Waals surface area contributed by atoms with Crippen molar-refractivity contribution in [2.75, 3.05) is 32.2 Å². The van der Waals surface area contributed by atoms with Crippen molar-refractivity contribution in [3.05, 3.63) is 102 Å². The van der Waals surface area contributed by atoms with Crippen LogP contribution in [0.5, 0.6) is 5.75 Å². The van der Waals surface area contributed by atoms with E-state index in [2.05, 4.69) is 66.0 Å². The van der Waals surface area contributed by atoms with Crippen LogP contribution in [0.2, 0.25) is 0 Å². The molecule has 0 aliphatic rings. The van der Waals surface area contributed by atoms with E-state index in [4.69, 9.17) is 21.4 Å². The fraction of sp³-hybridized carbons (Fsp3) is 0.259. The van der Waals surface area contributed by atoms with Crippen molar-refractivity contribution in [2.24, 2.45) is 0 Å². The van der Waals surface area contributed by atoms with Crippen LogP contribution in [-0.4, -0.2) is 37.3 Å². The first-order valence-electron chi connectivity index (χ1n) is 10.8. The predicted molar refractivity (Wildman–Crippen MR) is 131 cm³/mol. The third-order valence-electron chi connectivity index (χ3n) is 5.03. The van der Waals surface area contributed by atoms with Crippen LogP contribution in [-0.2, 0) is 0 Å². The highest BCUT2D eigenvalue weighted by atomic mass is 35.5. The number of hydrogen-bond acceptors (Lipinski definition) is 3. The van der Waals surface area contributed by atoms with Crippen molar-refractivity contribution in [1.82, 2.24) is 5.32 Å². The summed E-state index contributed by atoms with van der Waals surface area (Å²) >= 11 is 6.22. The van der Waals surface area contributed by atoms with Gasteiger partial charge in [-0.15, -0.1) is 11.6 Å². The van der Waals surface area contributed by atoms with Gasteiger partial charge in [0.1, 0.15) is 5.75 Å². The molecule has 2 N–H and O–H groups in total. The van der Waals surface area contributed by atoms with E-state index < -0.39 is 0 Å². The van der Waals surface area contributed by atoms with E-state index in [1.165, 1.54) is 22.3 Å². The first-order valence-corrected chi connectivity index (χ1v) is 11.3. The zero-order valence-corrected chi connectivity index (χ0v) is 18.5. The number of benzene rings is 3. The Hall–Kier alpha value is -2.59. The number of alkyl halides is 1. The van der Waals surface area contributed by atoms with Gasteiger partial charge in [-0.05, 0) is 59.4 Å². The monoisotopic (exact) mass is 435 g/mol. The number of ether oxygens (including phenoxy) is 1. The minimum absolute atomic E-state index is 0.161. The molecule has 0 aromatic heterocycles. The maximum atomic E-state index is 8.79. The SMILES string of the molecule is OCCNCCCOc1ccc(C(=C(CCCl)c2ccccc2)c2ccccc2)cc1. The third kappa shape index (κ3) is 6.96. The van der Waals surface area contributed by atoms with Gasteiger partial charge in [-0.1, -0.05) is 72.8 Å². The summed E-state index contributed by atoms with van der Waals surface area (Å²) < 4.78 is 5.88. The van der Waals surface area contributed by atoms with E-state index in [1.54, 1.807) is 0 Å². The molecule has 0 aliphatic carbocycles. The van der Waals surface area contributed by atoms with Gasteiger partial charge in [-0.25, -0.2) is 0 Å². The molecule has 0 unspecified atom stereocenters. The highest BCUT2D eigenvalue weighted by molar-refractivity contribution is 6.18. The van der Waals surface area contributed by atoms with E-state index in [9.17, 15) is 0 Å². The Morgan fingerprint density at radius 2 is 1.39 bits per heavy atom. The lowest BCUT2D eigenvalue weighted by molar-refractivity contribution is 0.282. The minimum Gasteiger partial charge on any atom is -0.494 e. The van der Waals surface area contributed by atoms with Gasteiger partial charge in [0.2, 0.25) is 0 Å². The Balaban J connectivity index is 1.87. The highest BCUT2D eigenvalue weighted by Gasteiger charge is 2.14. The van der Waals surface area contributed by atoms with Gasteiger partial charge in [0.15, 0.2) is 0 Å². The second-order valence-corrected chi connectivity index (χ2v) is 7.60. The van der Waals surface area contributed by atoms with E-state index in [0.29, 0.717) is 19.0 Å². The van der Waals surface area contributed by atoms with Crippen molar-refractivity contribution in [3.8, 4) is 5.75 Å². The number of allylic oxidation sites excluding steroid dienone is 1. The van der Waals surface area contributed by atoms with Crippen LogP contribution in [0, 0.1) is 0 Å². The summed E-state index contributed by atoms with van der Waals surface area (Å²) in [7, 11) is 0. The molecule has 3 nitrogen and oxygen atoms in total. The molecule has 3 aromatic rings. The lowest BCUT2D eigenvalue weighted by atomic mass is 9.88. The summed E-state index contributed by atoms with van der Waals surface area (Å²) in [5.41, 5.74) is 5.96. The fourth-order valence-electron chi connectivity index (χ4n) is 3.58. The molecule has 3 rings (SSSR count). The molecular formula is C27H30ClNO2. The molecule has 31 heavy (non-hydrogen) atoms. The highest BCUT2D eigenvalue weighted by Crippen LogP contribution is 2.35. The van der Waals surface area contributed by atoms with E-state index in [0.717, 1.165) is 30.7 Å². The first kappa shape index (κ1) is 23.1. The fourth-order valence-corrected chi connectivity index (χ4v) is 3.77. The smallest absolute Gasteiger partial charge is 0.119 e. The number of aliphatic hydroxyl groups excluding tert-OH is 1. The van der Waals surface area contributed by atoms with Gasteiger partial charge >= 0.3 is 0 Å². The molecule has 0 bridgehead atoms. The van der Waals surface area contributed by atoms with Crippen LogP contribution in [0.1, 0.15) is 29.5 Å². The summed E-state index contributed by atoms with van der Waals surface area (Å²) in [6.07, 6.45) is 1.68. The van der Waals surface area contributed by atoms with Crippen molar-refractivity contribution >= 4 is 22.7 Å². The molecule has 0 atom stereocenters. The van der Waals surface area contributed by atoms with Gasteiger partial charge in [0.25, 0.3) is 0 Å². The zero-order chi connectivity index (χ0) is 21.7. The van der Waals surface area contributed by atoms with Crippen molar-refractivity contribution < 1.29 is 9.84 Å². The van der Waals surface area contributed by atoms with Crippen molar-refractivity contribution in [2.45, 2.75) is 12.8 Å².